The van der Waals surface area contributed by atoms with Crippen LogP contribution < -0.4 is 0 Å². The van der Waals surface area contributed by atoms with Crippen molar-refractivity contribution in [1.29, 1.82) is 0 Å². The number of unbranched alkanes of at least 4 members (excludes halogenated alkanes) is 2. The van der Waals surface area contributed by atoms with Crippen molar-refractivity contribution < 1.29 is 4.39 Å². The molecule has 3 rings (SSSR count). The number of hydrogen-bond acceptors (Lipinski definition) is 0. The average molecular weight is 395 g/mol. The van der Waals surface area contributed by atoms with Gasteiger partial charge in [-0.2, -0.15) is 0 Å². The van der Waals surface area contributed by atoms with Crippen LogP contribution in [0.1, 0.15) is 61.8 Å². The summed E-state index contributed by atoms with van der Waals surface area (Å²) in [5.41, 5.74) is 5.45. The second-order valence-electron chi connectivity index (χ2n) is 7.37. The molecule has 0 aliphatic carbocycles. The fraction of sp³-hybridized carbons (Fsp3) is 0.241. The molecule has 0 saturated carbocycles. The van der Waals surface area contributed by atoms with Crippen LogP contribution in [-0.4, -0.2) is 0 Å². The quantitative estimate of drug-likeness (QED) is 0.396. The van der Waals surface area contributed by atoms with E-state index < -0.39 is 0 Å². The molecule has 0 aliphatic heterocycles. The fourth-order valence-corrected chi connectivity index (χ4v) is 3.11. The minimum atomic E-state index is -0.294. The van der Waals surface area contributed by atoms with Crippen LogP contribution in [0, 0.1) is 29.5 Å². The highest BCUT2D eigenvalue weighted by atomic mass is 19.1. The van der Waals surface area contributed by atoms with E-state index in [1.54, 1.807) is 12.1 Å². The van der Waals surface area contributed by atoms with Crippen LogP contribution in [-0.2, 0) is 6.42 Å². The molecule has 0 bridgehead atoms. The van der Waals surface area contributed by atoms with Gasteiger partial charge in [0.2, 0.25) is 0 Å². The summed E-state index contributed by atoms with van der Waals surface area (Å²) >= 11 is 0. The molecule has 0 nitrogen and oxygen atoms in total. The van der Waals surface area contributed by atoms with Gasteiger partial charge in [0.25, 0.3) is 0 Å². The van der Waals surface area contributed by atoms with E-state index in [1.165, 1.54) is 18.4 Å². The minimum absolute atomic E-state index is 0.294. The Bertz CT molecular complexity index is 1080. The lowest BCUT2D eigenvalue weighted by Crippen LogP contribution is -1.88. The van der Waals surface area contributed by atoms with Crippen molar-refractivity contribution in [2.75, 3.05) is 0 Å². The summed E-state index contributed by atoms with van der Waals surface area (Å²) in [5.74, 6) is 12.0. The van der Waals surface area contributed by atoms with Crippen LogP contribution in [0.2, 0.25) is 0 Å². The summed E-state index contributed by atoms with van der Waals surface area (Å²) in [4.78, 5) is 0. The van der Waals surface area contributed by atoms with Crippen LogP contribution in [0.15, 0.2) is 66.7 Å². The standard InChI is InChI=1S/C29H27F/c1-3-5-7-9-24-10-12-25(13-11-24)16-19-27-20-21-28(22-29(27)30)26-17-14-23(15-18-26)8-6-4-2/h10-15,17-18,20-22H,3-6,8H2,1-2H3. The first-order valence-electron chi connectivity index (χ1n) is 10.7. The third kappa shape index (κ3) is 6.10. The predicted molar refractivity (Wildman–Crippen MR) is 125 cm³/mol. The van der Waals surface area contributed by atoms with Crippen molar-refractivity contribution >= 4 is 0 Å². The maximum absolute atomic E-state index is 14.6. The van der Waals surface area contributed by atoms with E-state index in [0.29, 0.717) is 5.56 Å². The van der Waals surface area contributed by atoms with Crippen molar-refractivity contribution in [3.8, 4) is 34.8 Å². The van der Waals surface area contributed by atoms with E-state index in [1.807, 2.05) is 30.3 Å². The van der Waals surface area contributed by atoms with Crippen molar-refractivity contribution in [2.24, 2.45) is 0 Å². The van der Waals surface area contributed by atoms with E-state index in [-0.39, 0.29) is 5.82 Å². The molecule has 0 amide bonds. The molecule has 0 N–H and O–H groups in total. The molecule has 0 aliphatic rings. The predicted octanol–water partition coefficient (Wildman–Crippen LogP) is 7.39. The van der Waals surface area contributed by atoms with E-state index in [4.69, 9.17) is 0 Å². The monoisotopic (exact) mass is 394 g/mol. The van der Waals surface area contributed by atoms with Gasteiger partial charge in [0.1, 0.15) is 5.82 Å². The number of hydrogen-bond donors (Lipinski definition) is 0. The second kappa shape index (κ2) is 11.0. The molecule has 150 valence electrons. The topological polar surface area (TPSA) is 0 Å². The Morgan fingerprint density at radius 3 is 2.00 bits per heavy atom. The number of benzene rings is 3. The van der Waals surface area contributed by atoms with Gasteiger partial charge >= 0.3 is 0 Å². The highest BCUT2D eigenvalue weighted by Gasteiger charge is 2.04. The van der Waals surface area contributed by atoms with Gasteiger partial charge in [0, 0.05) is 17.5 Å². The lowest BCUT2D eigenvalue weighted by molar-refractivity contribution is 0.625. The molecule has 0 radical (unpaired) electrons. The summed E-state index contributed by atoms with van der Waals surface area (Å²) in [7, 11) is 0. The number of halogens is 1. The first kappa shape index (κ1) is 21.4. The van der Waals surface area contributed by atoms with Crippen LogP contribution in [0.3, 0.4) is 0 Å². The van der Waals surface area contributed by atoms with Gasteiger partial charge in [-0.1, -0.05) is 74.3 Å². The Morgan fingerprint density at radius 2 is 1.37 bits per heavy atom. The average Bonchev–Trinajstić information content (AvgIpc) is 2.78. The van der Waals surface area contributed by atoms with Crippen molar-refractivity contribution in [3.05, 3.63) is 94.8 Å². The molecular formula is C29H27F. The van der Waals surface area contributed by atoms with E-state index >= 15 is 0 Å². The third-order valence-electron chi connectivity index (χ3n) is 4.91. The van der Waals surface area contributed by atoms with Gasteiger partial charge in [-0.05, 0) is 72.4 Å². The fourth-order valence-electron chi connectivity index (χ4n) is 3.11. The summed E-state index contributed by atoms with van der Waals surface area (Å²) in [5, 5.41) is 0. The highest BCUT2D eigenvalue weighted by Crippen LogP contribution is 2.23. The van der Waals surface area contributed by atoms with E-state index in [9.17, 15) is 4.39 Å². The molecule has 3 aromatic rings. The SMILES string of the molecule is CCCC#Cc1ccc(C#Cc2ccc(-c3ccc(CCCC)cc3)cc2F)cc1. The summed E-state index contributed by atoms with van der Waals surface area (Å²) in [6.45, 7) is 4.31. The lowest BCUT2D eigenvalue weighted by Gasteiger charge is -2.05. The molecule has 0 unspecified atom stereocenters. The zero-order chi connectivity index (χ0) is 21.2. The van der Waals surface area contributed by atoms with Crippen molar-refractivity contribution in [2.45, 2.75) is 46.0 Å². The molecule has 3 aromatic carbocycles. The largest absolute Gasteiger partial charge is 0.206 e. The van der Waals surface area contributed by atoms with E-state index in [0.717, 1.165) is 41.5 Å². The zero-order valence-corrected chi connectivity index (χ0v) is 17.8. The Hall–Kier alpha value is -3.29. The maximum Gasteiger partial charge on any atom is 0.139 e. The van der Waals surface area contributed by atoms with E-state index in [2.05, 4.69) is 61.8 Å². The minimum Gasteiger partial charge on any atom is -0.206 e. The Balaban J connectivity index is 1.71. The van der Waals surface area contributed by atoms with Gasteiger partial charge in [0.05, 0.1) is 5.56 Å². The Labute approximate surface area is 180 Å². The normalized spacial score (nSPS) is 9.97. The van der Waals surface area contributed by atoms with Gasteiger partial charge in [0.15, 0.2) is 0 Å². The molecule has 0 aromatic heterocycles. The summed E-state index contributed by atoms with van der Waals surface area (Å²) in [6, 6.07) is 21.4. The van der Waals surface area contributed by atoms with Gasteiger partial charge in [-0.25, -0.2) is 4.39 Å². The highest BCUT2D eigenvalue weighted by molar-refractivity contribution is 5.65. The summed E-state index contributed by atoms with van der Waals surface area (Å²) in [6.07, 6.45) is 5.43. The molecule has 0 spiro atoms. The van der Waals surface area contributed by atoms with Crippen LogP contribution in [0.5, 0.6) is 0 Å². The first-order valence-corrected chi connectivity index (χ1v) is 10.7. The van der Waals surface area contributed by atoms with Gasteiger partial charge < -0.3 is 0 Å². The zero-order valence-electron chi connectivity index (χ0n) is 17.8. The molecule has 1 heteroatoms. The molecule has 0 fully saturated rings. The van der Waals surface area contributed by atoms with Crippen molar-refractivity contribution in [1.82, 2.24) is 0 Å². The lowest BCUT2D eigenvalue weighted by atomic mass is 10.0. The van der Waals surface area contributed by atoms with Crippen molar-refractivity contribution in [3.63, 3.8) is 0 Å². The molecular weight excluding hydrogens is 367 g/mol. The molecule has 0 heterocycles. The Kier molecular flexibility index (Phi) is 7.88. The van der Waals surface area contributed by atoms with Crippen LogP contribution in [0.25, 0.3) is 11.1 Å². The molecule has 0 atom stereocenters. The van der Waals surface area contributed by atoms with Gasteiger partial charge in [-0.15, -0.1) is 0 Å². The number of aryl methyl sites for hydroxylation is 1. The molecule has 0 saturated heterocycles. The van der Waals surface area contributed by atoms with Crippen LogP contribution >= 0.6 is 0 Å². The van der Waals surface area contributed by atoms with Crippen LogP contribution in [0.4, 0.5) is 4.39 Å². The third-order valence-corrected chi connectivity index (χ3v) is 4.91. The molecule has 30 heavy (non-hydrogen) atoms. The Morgan fingerprint density at radius 1 is 0.700 bits per heavy atom. The van der Waals surface area contributed by atoms with Gasteiger partial charge in [-0.3, -0.25) is 0 Å². The maximum atomic E-state index is 14.6. The second-order valence-corrected chi connectivity index (χ2v) is 7.37. The first-order chi connectivity index (χ1) is 14.7. The number of rotatable bonds is 5. The summed E-state index contributed by atoms with van der Waals surface area (Å²) < 4.78 is 14.6. The smallest absolute Gasteiger partial charge is 0.139 e.